The molecule has 0 bridgehead atoms. The van der Waals surface area contributed by atoms with Crippen LogP contribution in [0.15, 0.2) is 42.5 Å². The van der Waals surface area contributed by atoms with Crippen molar-refractivity contribution in [3.05, 3.63) is 59.2 Å². The van der Waals surface area contributed by atoms with Crippen LogP contribution >= 0.6 is 0 Å². The van der Waals surface area contributed by atoms with Crippen LogP contribution in [0.25, 0.3) is 0 Å². The number of alkyl halides is 3. The number of carbonyl (C=O) groups is 2. The second-order valence-corrected chi connectivity index (χ2v) is 6.38. The lowest BCUT2D eigenvalue weighted by molar-refractivity contribution is -0.137. The lowest BCUT2D eigenvalue weighted by Gasteiger charge is -2.35. The summed E-state index contributed by atoms with van der Waals surface area (Å²) < 4.78 is 48.9. The second-order valence-electron chi connectivity index (χ2n) is 6.38. The summed E-state index contributed by atoms with van der Waals surface area (Å²) in [5.74, 6) is -0.0962. The largest absolute Gasteiger partial charge is 0.493 e. The van der Waals surface area contributed by atoms with Gasteiger partial charge >= 0.3 is 6.18 Å². The predicted octanol–water partition coefficient (Wildman–Crippen LogP) is 3.04. The molecule has 6 nitrogen and oxygen atoms in total. The van der Waals surface area contributed by atoms with E-state index < -0.39 is 29.6 Å². The summed E-state index contributed by atoms with van der Waals surface area (Å²) in [6.07, 6.45) is -4.48. The van der Waals surface area contributed by atoms with Gasteiger partial charge in [0, 0.05) is 18.7 Å². The van der Waals surface area contributed by atoms with E-state index in [1.807, 2.05) is 0 Å². The van der Waals surface area contributed by atoms with Crippen LogP contribution in [-0.2, 0) is 11.0 Å². The van der Waals surface area contributed by atoms with Crippen molar-refractivity contribution in [3.63, 3.8) is 0 Å². The van der Waals surface area contributed by atoms with Gasteiger partial charge in [-0.25, -0.2) is 0 Å². The topological polar surface area (TPSA) is 67.9 Å². The molecule has 0 radical (unpaired) electrons. The number of hydrogen-bond donors (Lipinski definition) is 1. The Hall–Kier alpha value is -3.23. The van der Waals surface area contributed by atoms with Crippen LogP contribution in [-0.4, -0.2) is 44.0 Å². The summed E-state index contributed by atoms with van der Waals surface area (Å²) in [4.78, 5) is 26.9. The van der Waals surface area contributed by atoms with Crippen LogP contribution in [0, 0.1) is 0 Å². The first-order chi connectivity index (χ1) is 13.8. The third-order valence-corrected chi connectivity index (χ3v) is 4.66. The molecule has 0 saturated carbocycles. The van der Waals surface area contributed by atoms with Crippen molar-refractivity contribution in [2.75, 3.05) is 27.3 Å². The average molecular weight is 408 g/mol. The van der Waals surface area contributed by atoms with Crippen molar-refractivity contribution in [1.82, 2.24) is 10.2 Å². The van der Waals surface area contributed by atoms with Gasteiger partial charge in [0.2, 0.25) is 5.91 Å². The molecule has 1 heterocycles. The minimum atomic E-state index is -4.48. The monoisotopic (exact) mass is 408 g/mol. The molecular formula is C20H19F3N2O4. The van der Waals surface area contributed by atoms with Gasteiger partial charge in [0.25, 0.3) is 5.91 Å². The first-order valence-electron chi connectivity index (χ1n) is 8.74. The minimum Gasteiger partial charge on any atom is -0.493 e. The van der Waals surface area contributed by atoms with E-state index in [0.29, 0.717) is 17.1 Å². The summed E-state index contributed by atoms with van der Waals surface area (Å²) >= 11 is 0. The van der Waals surface area contributed by atoms with Crippen LogP contribution in [0.2, 0.25) is 0 Å². The van der Waals surface area contributed by atoms with Crippen molar-refractivity contribution in [3.8, 4) is 11.5 Å². The van der Waals surface area contributed by atoms with Gasteiger partial charge < -0.3 is 19.7 Å². The van der Waals surface area contributed by atoms with Crippen molar-refractivity contribution in [2.24, 2.45) is 0 Å². The molecule has 154 valence electrons. The Morgan fingerprint density at radius 2 is 1.72 bits per heavy atom. The van der Waals surface area contributed by atoms with E-state index >= 15 is 0 Å². The van der Waals surface area contributed by atoms with Gasteiger partial charge in [-0.05, 0) is 35.9 Å². The fourth-order valence-electron chi connectivity index (χ4n) is 3.21. The molecule has 9 heteroatoms. The van der Waals surface area contributed by atoms with Crippen LogP contribution in [0.5, 0.6) is 11.5 Å². The number of nitrogens with one attached hydrogen (secondary N) is 1. The normalized spacial score (nSPS) is 16.9. The molecule has 1 saturated heterocycles. The lowest BCUT2D eigenvalue weighted by atomic mass is 9.99. The first-order valence-corrected chi connectivity index (χ1v) is 8.74. The number of amides is 2. The number of ether oxygens (including phenoxy) is 2. The Bertz CT molecular complexity index is 913. The second kappa shape index (κ2) is 8.02. The van der Waals surface area contributed by atoms with Crippen LogP contribution in [0.1, 0.15) is 27.5 Å². The average Bonchev–Trinajstić information content (AvgIpc) is 2.72. The highest BCUT2D eigenvalue weighted by Gasteiger charge is 2.36. The number of methoxy groups -OCH3 is 2. The molecule has 2 aromatic carbocycles. The number of rotatable bonds is 4. The maximum absolute atomic E-state index is 13.1. The molecule has 2 amide bonds. The van der Waals surface area contributed by atoms with Gasteiger partial charge in [-0.2, -0.15) is 13.2 Å². The predicted molar refractivity (Wildman–Crippen MR) is 97.8 cm³/mol. The molecule has 1 aliphatic rings. The molecule has 0 spiro atoms. The van der Waals surface area contributed by atoms with Crippen molar-refractivity contribution >= 4 is 11.8 Å². The Kier molecular flexibility index (Phi) is 5.67. The SMILES string of the molecule is COc1ccc(C(=O)N2CCNC(=O)C2c2ccc(C(F)(F)F)cc2)cc1OC. The molecule has 1 unspecified atom stereocenters. The highest BCUT2D eigenvalue weighted by molar-refractivity contribution is 5.99. The standard InChI is InChI=1S/C20H19F3N2O4/c1-28-15-8-5-13(11-16(15)29-2)19(27)25-10-9-24-18(26)17(25)12-3-6-14(7-4-12)20(21,22)23/h3-8,11,17H,9-10H2,1-2H3,(H,24,26). The summed E-state index contributed by atoms with van der Waals surface area (Å²) in [6, 6.07) is 7.81. The van der Waals surface area contributed by atoms with Crippen LogP contribution in [0.3, 0.4) is 0 Å². The van der Waals surface area contributed by atoms with E-state index in [1.165, 1.54) is 37.3 Å². The number of hydrogen-bond acceptors (Lipinski definition) is 4. The summed E-state index contributed by atoms with van der Waals surface area (Å²) in [5.41, 5.74) is -0.256. The van der Waals surface area contributed by atoms with Gasteiger partial charge in [0.15, 0.2) is 11.5 Å². The van der Waals surface area contributed by atoms with E-state index in [9.17, 15) is 22.8 Å². The minimum absolute atomic E-state index is 0.213. The number of carbonyl (C=O) groups excluding carboxylic acids is 2. The van der Waals surface area contributed by atoms with Crippen molar-refractivity contribution in [1.29, 1.82) is 0 Å². The van der Waals surface area contributed by atoms with Crippen LogP contribution < -0.4 is 14.8 Å². The third-order valence-electron chi connectivity index (χ3n) is 4.66. The molecule has 1 aliphatic heterocycles. The zero-order chi connectivity index (χ0) is 21.2. The van der Waals surface area contributed by atoms with Crippen molar-refractivity contribution < 1.29 is 32.2 Å². The summed E-state index contributed by atoms with van der Waals surface area (Å²) in [6.45, 7) is 0.458. The van der Waals surface area contributed by atoms with E-state index in [0.717, 1.165) is 12.1 Å². The maximum atomic E-state index is 13.1. The molecule has 1 N–H and O–H groups in total. The summed E-state index contributed by atoms with van der Waals surface area (Å²) in [7, 11) is 2.90. The van der Waals surface area contributed by atoms with E-state index in [-0.39, 0.29) is 18.7 Å². The number of benzene rings is 2. The molecule has 0 aliphatic carbocycles. The van der Waals surface area contributed by atoms with Gasteiger partial charge in [0.1, 0.15) is 6.04 Å². The van der Waals surface area contributed by atoms with Crippen molar-refractivity contribution in [2.45, 2.75) is 12.2 Å². The first kappa shape index (κ1) is 20.5. The molecule has 2 aromatic rings. The van der Waals surface area contributed by atoms with E-state index in [4.69, 9.17) is 9.47 Å². The smallest absolute Gasteiger partial charge is 0.416 e. The number of piperazine rings is 1. The van der Waals surface area contributed by atoms with Gasteiger partial charge in [0.05, 0.1) is 19.8 Å². The molecule has 1 fully saturated rings. The number of nitrogens with zero attached hydrogens (tertiary/aromatic N) is 1. The van der Waals surface area contributed by atoms with Gasteiger partial charge in [-0.15, -0.1) is 0 Å². The van der Waals surface area contributed by atoms with Crippen LogP contribution in [0.4, 0.5) is 13.2 Å². The fourth-order valence-corrected chi connectivity index (χ4v) is 3.21. The molecule has 29 heavy (non-hydrogen) atoms. The quantitative estimate of drug-likeness (QED) is 0.845. The Labute approximate surface area is 165 Å². The number of halogens is 3. The zero-order valence-electron chi connectivity index (χ0n) is 15.7. The highest BCUT2D eigenvalue weighted by Crippen LogP contribution is 2.33. The fraction of sp³-hybridized carbons (Fsp3) is 0.300. The third kappa shape index (κ3) is 4.13. The Morgan fingerprint density at radius 1 is 1.07 bits per heavy atom. The lowest BCUT2D eigenvalue weighted by Crippen LogP contribution is -2.52. The Morgan fingerprint density at radius 3 is 2.31 bits per heavy atom. The highest BCUT2D eigenvalue weighted by atomic mass is 19.4. The Balaban J connectivity index is 1.94. The molecular weight excluding hydrogens is 389 g/mol. The molecule has 1 atom stereocenters. The zero-order valence-corrected chi connectivity index (χ0v) is 15.7. The van der Waals surface area contributed by atoms with E-state index in [1.54, 1.807) is 12.1 Å². The molecule has 3 rings (SSSR count). The maximum Gasteiger partial charge on any atom is 0.416 e. The molecule has 0 aromatic heterocycles. The van der Waals surface area contributed by atoms with E-state index in [2.05, 4.69) is 5.32 Å². The van der Waals surface area contributed by atoms with Gasteiger partial charge in [-0.3, -0.25) is 9.59 Å². The van der Waals surface area contributed by atoms with Gasteiger partial charge in [-0.1, -0.05) is 12.1 Å². The summed E-state index contributed by atoms with van der Waals surface area (Å²) in [5, 5.41) is 2.65.